The van der Waals surface area contributed by atoms with Gasteiger partial charge in [-0.1, -0.05) is 22.4 Å². The van der Waals surface area contributed by atoms with Gasteiger partial charge in [0.05, 0.1) is 14.2 Å². The van der Waals surface area contributed by atoms with Crippen molar-refractivity contribution in [1.82, 2.24) is 5.32 Å². The van der Waals surface area contributed by atoms with Crippen molar-refractivity contribution in [2.24, 2.45) is 0 Å². The molecular formula is C14H20BrNO2. The van der Waals surface area contributed by atoms with Gasteiger partial charge in [-0.15, -0.1) is 0 Å². The van der Waals surface area contributed by atoms with Gasteiger partial charge in [0, 0.05) is 16.1 Å². The number of benzene rings is 1. The summed E-state index contributed by atoms with van der Waals surface area (Å²) in [6.07, 6.45) is 3.66. The first-order valence-corrected chi connectivity index (χ1v) is 7.12. The molecule has 1 fully saturated rings. The predicted octanol–water partition coefficient (Wildman–Crippen LogP) is 3.59. The minimum atomic E-state index is 0.361. The van der Waals surface area contributed by atoms with Crippen LogP contribution in [0.15, 0.2) is 10.5 Å². The summed E-state index contributed by atoms with van der Waals surface area (Å²) in [6.45, 7) is 3.19. The van der Waals surface area contributed by atoms with Crippen molar-refractivity contribution in [3.8, 4) is 11.5 Å². The highest BCUT2D eigenvalue weighted by atomic mass is 79.9. The van der Waals surface area contributed by atoms with Crippen LogP contribution in [0.1, 0.15) is 36.4 Å². The van der Waals surface area contributed by atoms with Crippen LogP contribution in [-0.4, -0.2) is 20.8 Å². The van der Waals surface area contributed by atoms with Gasteiger partial charge in [-0.05, 0) is 37.9 Å². The van der Waals surface area contributed by atoms with Crippen LogP contribution in [0.4, 0.5) is 0 Å². The molecule has 1 aromatic rings. The van der Waals surface area contributed by atoms with Crippen molar-refractivity contribution < 1.29 is 9.47 Å². The monoisotopic (exact) mass is 313 g/mol. The highest BCUT2D eigenvalue weighted by molar-refractivity contribution is 9.10. The molecule has 0 aromatic heterocycles. The number of ether oxygens (including phenoxy) is 2. The Morgan fingerprint density at radius 3 is 2.61 bits per heavy atom. The fourth-order valence-electron chi connectivity index (χ4n) is 2.60. The Kier molecular flexibility index (Phi) is 4.51. The molecule has 0 bridgehead atoms. The number of methoxy groups -OCH3 is 2. The van der Waals surface area contributed by atoms with Crippen molar-refractivity contribution in [3.05, 3.63) is 21.7 Å². The zero-order chi connectivity index (χ0) is 13.1. The Morgan fingerprint density at radius 1 is 1.28 bits per heavy atom. The molecule has 1 saturated heterocycles. The molecule has 2 rings (SSSR count). The largest absolute Gasteiger partial charge is 0.493 e. The summed E-state index contributed by atoms with van der Waals surface area (Å²) < 4.78 is 12.1. The van der Waals surface area contributed by atoms with Gasteiger partial charge >= 0.3 is 0 Å². The van der Waals surface area contributed by atoms with Crippen molar-refractivity contribution >= 4 is 15.9 Å². The van der Waals surface area contributed by atoms with E-state index in [4.69, 9.17) is 9.47 Å². The second kappa shape index (κ2) is 5.93. The molecule has 100 valence electrons. The zero-order valence-corrected chi connectivity index (χ0v) is 12.8. The molecule has 18 heavy (non-hydrogen) atoms. The third kappa shape index (κ3) is 2.50. The van der Waals surface area contributed by atoms with Crippen molar-refractivity contribution in [1.29, 1.82) is 0 Å². The first-order valence-electron chi connectivity index (χ1n) is 6.33. The summed E-state index contributed by atoms with van der Waals surface area (Å²) in [4.78, 5) is 0. The minimum absolute atomic E-state index is 0.361. The molecule has 1 aromatic carbocycles. The summed E-state index contributed by atoms with van der Waals surface area (Å²) >= 11 is 3.60. The van der Waals surface area contributed by atoms with E-state index in [0.29, 0.717) is 6.04 Å². The average molecular weight is 314 g/mol. The van der Waals surface area contributed by atoms with Crippen molar-refractivity contribution in [2.75, 3.05) is 20.8 Å². The van der Waals surface area contributed by atoms with Crippen LogP contribution in [-0.2, 0) is 0 Å². The van der Waals surface area contributed by atoms with Gasteiger partial charge in [0.1, 0.15) is 0 Å². The van der Waals surface area contributed by atoms with E-state index in [9.17, 15) is 0 Å². The fraction of sp³-hybridized carbons (Fsp3) is 0.571. The van der Waals surface area contributed by atoms with Crippen LogP contribution in [0.2, 0.25) is 0 Å². The van der Waals surface area contributed by atoms with Gasteiger partial charge in [0.15, 0.2) is 11.5 Å². The van der Waals surface area contributed by atoms with Gasteiger partial charge in [-0.25, -0.2) is 0 Å². The molecule has 0 saturated carbocycles. The number of hydrogen-bond donors (Lipinski definition) is 1. The average Bonchev–Trinajstić information content (AvgIpc) is 2.42. The maximum absolute atomic E-state index is 5.57. The molecule has 1 aliphatic heterocycles. The molecule has 1 aliphatic rings. The van der Waals surface area contributed by atoms with Gasteiger partial charge in [0.25, 0.3) is 0 Å². The topological polar surface area (TPSA) is 30.5 Å². The molecule has 1 atom stereocenters. The summed E-state index contributed by atoms with van der Waals surface area (Å²) in [5.74, 6) is 1.65. The third-order valence-corrected chi connectivity index (χ3v) is 4.39. The predicted molar refractivity (Wildman–Crippen MR) is 76.6 cm³/mol. The van der Waals surface area contributed by atoms with Crippen LogP contribution in [0.5, 0.6) is 11.5 Å². The molecule has 4 heteroatoms. The van der Waals surface area contributed by atoms with E-state index in [-0.39, 0.29) is 0 Å². The molecule has 0 aliphatic carbocycles. The van der Waals surface area contributed by atoms with Gasteiger partial charge in [-0.3, -0.25) is 0 Å². The van der Waals surface area contributed by atoms with E-state index in [1.54, 1.807) is 14.2 Å². The Morgan fingerprint density at radius 2 is 2.06 bits per heavy atom. The molecule has 3 nitrogen and oxygen atoms in total. The normalized spacial score (nSPS) is 19.7. The Hall–Kier alpha value is -0.740. The Labute approximate surface area is 117 Å². The molecule has 1 N–H and O–H groups in total. The van der Waals surface area contributed by atoms with Crippen LogP contribution in [0.3, 0.4) is 0 Å². The van der Waals surface area contributed by atoms with E-state index in [0.717, 1.165) is 28.9 Å². The number of rotatable bonds is 3. The van der Waals surface area contributed by atoms with E-state index < -0.39 is 0 Å². The summed E-state index contributed by atoms with van der Waals surface area (Å²) in [5, 5.41) is 3.57. The fourth-order valence-corrected chi connectivity index (χ4v) is 3.02. The summed E-state index contributed by atoms with van der Waals surface area (Å²) in [5.41, 5.74) is 2.45. The SMILES string of the molecule is COc1cc(Br)c(C)c(C2CCCCN2)c1OC. The lowest BCUT2D eigenvalue weighted by atomic mass is 9.93. The smallest absolute Gasteiger partial charge is 0.165 e. The van der Waals surface area contributed by atoms with Crippen LogP contribution in [0.25, 0.3) is 0 Å². The van der Waals surface area contributed by atoms with Crippen LogP contribution >= 0.6 is 15.9 Å². The molecule has 0 radical (unpaired) electrons. The maximum atomic E-state index is 5.57. The number of hydrogen-bond acceptors (Lipinski definition) is 3. The van der Waals surface area contributed by atoms with Gasteiger partial charge < -0.3 is 14.8 Å². The number of piperidine rings is 1. The molecule has 0 amide bonds. The van der Waals surface area contributed by atoms with Crippen LogP contribution < -0.4 is 14.8 Å². The molecular weight excluding hydrogens is 294 g/mol. The quantitative estimate of drug-likeness (QED) is 0.925. The molecule has 1 heterocycles. The highest BCUT2D eigenvalue weighted by Crippen LogP contribution is 2.42. The first kappa shape index (κ1) is 13.7. The van der Waals surface area contributed by atoms with E-state index in [1.165, 1.54) is 24.0 Å². The lowest BCUT2D eigenvalue weighted by Gasteiger charge is -2.28. The van der Waals surface area contributed by atoms with E-state index in [2.05, 4.69) is 28.2 Å². The summed E-state index contributed by atoms with van der Waals surface area (Å²) in [6, 6.07) is 2.33. The zero-order valence-electron chi connectivity index (χ0n) is 11.2. The van der Waals surface area contributed by atoms with Crippen molar-refractivity contribution in [3.63, 3.8) is 0 Å². The minimum Gasteiger partial charge on any atom is -0.493 e. The number of nitrogens with one attached hydrogen (secondary N) is 1. The Balaban J connectivity index is 2.51. The molecule has 0 spiro atoms. The summed E-state index contributed by atoms with van der Waals surface area (Å²) in [7, 11) is 3.38. The van der Waals surface area contributed by atoms with E-state index in [1.807, 2.05) is 6.07 Å². The third-order valence-electron chi connectivity index (χ3n) is 3.57. The first-order chi connectivity index (χ1) is 8.69. The lowest BCUT2D eigenvalue weighted by molar-refractivity contribution is 0.337. The Bertz CT molecular complexity index is 428. The van der Waals surface area contributed by atoms with E-state index >= 15 is 0 Å². The van der Waals surface area contributed by atoms with Crippen LogP contribution in [0, 0.1) is 6.92 Å². The standard InChI is InChI=1S/C14H20BrNO2/c1-9-10(15)8-12(17-2)14(18-3)13(9)11-6-4-5-7-16-11/h8,11,16H,4-7H2,1-3H3. The second-order valence-corrected chi connectivity index (χ2v) is 5.49. The highest BCUT2D eigenvalue weighted by Gasteiger charge is 2.24. The maximum Gasteiger partial charge on any atom is 0.165 e. The molecule has 1 unspecified atom stereocenters. The van der Waals surface area contributed by atoms with Gasteiger partial charge in [-0.2, -0.15) is 0 Å². The lowest BCUT2D eigenvalue weighted by Crippen LogP contribution is -2.28. The second-order valence-electron chi connectivity index (χ2n) is 4.64. The number of halogens is 1. The van der Waals surface area contributed by atoms with Gasteiger partial charge in [0.2, 0.25) is 0 Å². The van der Waals surface area contributed by atoms with Crippen molar-refractivity contribution in [2.45, 2.75) is 32.2 Å².